The highest BCUT2D eigenvalue weighted by atomic mass is 15.2. The number of aromatic nitrogens is 3. The first-order valence-electron chi connectivity index (χ1n) is 7.89. The zero-order valence-electron chi connectivity index (χ0n) is 12.0. The van der Waals surface area contributed by atoms with Crippen LogP contribution in [0.1, 0.15) is 82.3 Å². The molecule has 4 nitrogen and oxygen atoms in total. The van der Waals surface area contributed by atoms with Gasteiger partial charge in [0.05, 0.1) is 5.54 Å². The molecule has 1 aromatic heterocycles. The summed E-state index contributed by atoms with van der Waals surface area (Å²) in [6.07, 6.45) is 11.0. The molecule has 0 saturated heterocycles. The number of hydrogen-bond donors (Lipinski definition) is 2. The van der Waals surface area contributed by atoms with Crippen LogP contribution in [0.4, 0.5) is 0 Å². The second kappa shape index (κ2) is 5.23. The van der Waals surface area contributed by atoms with E-state index in [1.54, 1.807) is 0 Å². The van der Waals surface area contributed by atoms with Crippen molar-refractivity contribution in [2.45, 2.75) is 76.2 Å². The van der Waals surface area contributed by atoms with Crippen molar-refractivity contribution in [1.29, 1.82) is 0 Å². The lowest BCUT2D eigenvalue weighted by Crippen LogP contribution is -2.41. The van der Waals surface area contributed by atoms with E-state index in [9.17, 15) is 0 Å². The Labute approximate surface area is 115 Å². The van der Waals surface area contributed by atoms with Crippen LogP contribution < -0.4 is 5.73 Å². The monoisotopic (exact) mass is 262 g/mol. The van der Waals surface area contributed by atoms with E-state index in [1.165, 1.54) is 44.9 Å². The summed E-state index contributed by atoms with van der Waals surface area (Å²) < 4.78 is 0. The van der Waals surface area contributed by atoms with Gasteiger partial charge in [-0.3, -0.25) is 5.10 Å². The third kappa shape index (κ3) is 2.69. The molecule has 0 bridgehead atoms. The van der Waals surface area contributed by atoms with E-state index in [0.717, 1.165) is 30.4 Å². The van der Waals surface area contributed by atoms with Gasteiger partial charge in [-0.05, 0) is 44.4 Å². The van der Waals surface area contributed by atoms with Gasteiger partial charge in [-0.15, -0.1) is 0 Å². The first kappa shape index (κ1) is 13.1. The number of rotatable bonds is 2. The molecular formula is C15H26N4. The number of H-pyrrole nitrogens is 1. The number of aromatic amines is 1. The second-order valence-electron chi connectivity index (χ2n) is 6.72. The minimum absolute atomic E-state index is 0.282. The van der Waals surface area contributed by atoms with Crippen LogP contribution in [-0.2, 0) is 5.54 Å². The van der Waals surface area contributed by atoms with Crippen molar-refractivity contribution < 1.29 is 0 Å². The van der Waals surface area contributed by atoms with E-state index in [0.29, 0.717) is 5.92 Å². The quantitative estimate of drug-likeness (QED) is 0.860. The molecule has 0 aromatic carbocycles. The van der Waals surface area contributed by atoms with E-state index >= 15 is 0 Å². The predicted octanol–water partition coefficient (Wildman–Crippen LogP) is 3.22. The molecule has 1 aromatic rings. The SMILES string of the molecule is CC1CCC(N)(c2n[nH]c(C3CCCCC3)n2)CC1. The lowest BCUT2D eigenvalue weighted by molar-refractivity contribution is 0.237. The molecule has 2 aliphatic rings. The summed E-state index contributed by atoms with van der Waals surface area (Å²) in [4.78, 5) is 4.76. The Bertz CT molecular complexity index is 412. The highest BCUT2D eigenvalue weighted by molar-refractivity contribution is 5.09. The molecule has 19 heavy (non-hydrogen) atoms. The summed E-state index contributed by atoms with van der Waals surface area (Å²) >= 11 is 0. The Morgan fingerprint density at radius 3 is 2.47 bits per heavy atom. The van der Waals surface area contributed by atoms with Crippen LogP contribution in [0.5, 0.6) is 0 Å². The van der Waals surface area contributed by atoms with Crippen molar-refractivity contribution in [3.05, 3.63) is 11.6 Å². The normalized spacial score (nSPS) is 33.5. The van der Waals surface area contributed by atoms with Crippen LogP contribution in [0.3, 0.4) is 0 Å². The van der Waals surface area contributed by atoms with Crippen molar-refractivity contribution >= 4 is 0 Å². The molecule has 0 spiro atoms. The van der Waals surface area contributed by atoms with Gasteiger partial charge in [0, 0.05) is 5.92 Å². The lowest BCUT2D eigenvalue weighted by atomic mass is 9.77. The summed E-state index contributed by atoms with van der Waals surface area (Å²) in [6.45, 7) is 2.31. The third-order valence-electron chi connectivity index (χ3n) is 5.11. The van der Waals surface area contributed by atoms with Crippen LogP contribution in [0.2, 0.25) is 0 Å². The second-order valence-corrected chi connectivity index (χ2v) is 6.72. The number of nitrogens with zero attached hydrogens (tertiary/aromatic N) is 2. The Balaban J connectivity index is 1.73. The van der Waals surface area contributed by atoms with Crippen LogP contribution in [0, 0.1) is 5.92 Å². The average Bonchev–Trinajstić information content (AvgIpc) is 2.94. The lowest BCUT2D eigenvalue weighted by Gasteiger charge is -2.33. The Morgan fingerprint density at radius 2 is 1.79 bits per heavy atom. The van der Waals surface area contributed by atoms with Gasteiger partial charge >= 0.3 is 0 Å². The molecular weight excluding hydrogens is 236 g/mol. The Morgan fingerprint density at radius 1 is 1.11 bits per heavy atom. The van der Waals surface area contributed by atoms with Gasteiger partial charge in [0.2, 0.25) is 0 Å². The minimum Gasteiger partial charge on any atom is -0.319 e. The van der Waals surface area contributed by atoms with Crippen LogP contribution in [0.15, 0.2) is 0 Å². The molecule has 3 rings (SSSR count). The van der Waals surface area contributed by atoms with Gasteiger partial charge < -0.3 is 5.73 Å². The summed E-state index contributed by atoms with van der Waals surface area (Å²) in [5.74, 6) is 3.33. The molecule has 4 heteroatoms. The Hall–Kier alpha value is -0.900. The van der Waals surface area contributed by atoms with Crippen molar-refractivity contribution in [3.63, 3.8) is 0 Å². The molecule has 2 saturated carbocycles. The molecule has 0 unspecified atom stereocenters. The number of nitrogens with one attached hydrogen (secondary N) is 1. The van der Waals surface area contributed by atoms with Gasteiger partial charge in [-0.25, -0.2) is 4.98 Å². The smallest absolute Gasteiger partial charge is 0.170 e. The highest BCUT2D eigenvalue weighted by Gasteiger charge is 2.36. The maximum atomic E-state index is 6.54. The molecule has 2 aliphatic carbocycles. The number of nitrogens with two attached hydrogens (primary N) is 1. The summed E-state index contributed by atoms with van der Waals surface area (Å²) in [5, 5.41) is 7.62. The molecule has 2 fully saturated rings. The van der Waals surface area contributed by atoms with E-state index in [1.807, 2.05) is 0 Å². The molecule has 0 aliphatic heterocycles. The minimum atomic E-state index is -0.282. The molecule has 3 N–H and O–H groups in total. The van der Waals surface area contributed by atoms with Crippen molar-refractivity contribution in [2.75, 3.05) is 0 Å². The van der Waals surface area contributed by atoms with Crippen molar-refractivity contribution in [1.82, 2.24) is 15.2 Å². The van der Waals surface area contributed by atoms with Crippen molar-refractivity contribution in [3.8, 4) is 0 Å². The van der Waals surface area contributed by atoms with E-state index in [4.69, 9.17) is 10.7 Å². The maximum absolute atomic E-state index is 6.54. The third-order valence-corrected chi connectivity index (χ3v) is 5.11. The fourth-order valence-corrected chi connectivity index (χ4v) is 3.56. The zero-order chi connectivity index (χ0) is 13.3. The van der Waals surface area contributed by atoms with Crippen LogP contribution in [-0.4, -0.2) is 15.2 Å². The van der Waals surface area contributed by atoms with Gasteiger partial charge in [0.15, 0.2) is 5.82 Å². The fraction of sp³-hybridized carbons (Fsp3) is 0.867. The zero-order valence-corrected chi connectivity index (χ0v) is 12.0. The summed E-state index contributed by atoms with van der Waals surface area (Å²) in [5.41, 5.74) is 6.26. The highest BCUT2D eigenvalue weighted by Crippen LogP contribution is 2.37. The molecule has 1 heterocycles. The first-order valence-corrected chi connectivity index (χ1v) is 7.89. The molecule has 0 atom stereocenters. The predicted molar refractivity (Wildman–Crippen MR) is 75.7 cm³/mol. The first-order chi connectivity index (χ1) is 9.17. The summed E-state index contributed by atoms with van der Waals surface area (Å²) in [7, 11) is 0. The van der Waals surface area contributed by atoms with Gasteiger partial charge in [0.1, 0.15) is 5.82 Å². The largest absolute Gasteiger partial charge is 0.319 e. The topological polar surface area (TPSA) is 67.6 Å². The van der Waals surface area contributed by atoms with E-state index in [2.05, 4.69) is 17.1 Å². The average molecular weight is 262 g/mol. The van der Waals surface area contributed by atoms with Crippen LogP contribution in [0.25, 0.3) is 0 Å². The fourth-order valence-electron chi connectivity index (χ4n) is 3.56. The molecule has 0 radical (unpaired) electrons. The van der Waals surface area contributed by atoms with Gasteiger partial charge in [-0.2, -0.15) is 5.10 Å². The number of hydrogen-bond acceptors (Lipinski definition) is 3. The molecule has 0 amide bonds. The Kier molecular flexibility index (Phi) is 3.61. The van der Waals surface area contributed by atoms with E-state index in [-0.39, 0.29) is 5.54 Å². The van der Waals surface area contributed by atoms with Gasteiger partial charge in [-0.1, -0.05) is 26.2 Å². The molecule has 106 valence electrons. The van der Waals surface area contributed by atoms with Crippen molar-refractivity contribution in [2.24, 2.45) is 11.7 Å². The maximum Gasteiger partial charge on any atom is 0.170 e. The van der Waals surface area contributed by atoms with Gasteiger partial charge in [0.25, 0.3) is 0 Å². The van der Waals surface area contributed by atoms with Crippen LogP contribution >= 0.6 is 0 Å². The summed E-state index contributed by atoms with van der Waals surface area (Å²) in [6, 6.07) is 0. The van der Waals surface area contributed by atoms with E-state index < -0.39 is 0 Å². The standard InChI is InChI=1S/C15H26N4/c1-11-7-9-15(16,10-8-11)14-17-13(18-19-14)12-5-3-2-4-6-12/h11-12H,2-10,16H2,1H3,(H,17,18,19).